The Balaban J connectivity index is 3.79. The van der Waals surface area contributed by atoms with Crippen molar-refractivity contribution in [2.45, 2.75) is 46.0 Å². The fourth-order valence-corrected chi connectivity index (χ4v) is 1.07. The van der Waals surface area contributed by atoms with E-state index in [0.29, 0.717) is 12.1 Å². The smallest absolute Gasteiger partial charge is 0.333 e. The third kappa shape index (κ3) is 5.28. The molecule has 0 heterocycles. The largest absolute Gasteiger partial charge is 0.478 e. The summed E-state index contributed by atoms with van der Waals surface area (Å²) in [6.07, 6.45) is 5.20. The number of allylic oxidation sites excluding steroid dienone is 1. The first-order chi connectivity index (χ1) is 6.09. The zero-order chi connectivity index (χ0) is 10.3. The van der Waals surface area contributed by atoms with Crippen LogP contribution in [0.1, 0.15) is 46.0 Å². The number of carboxylic acids is 1. The fraction of sp³-hybridized carbons (Fsp3) is 0.700. The van der Waals surface area contributed by atoms with E-state index >= 15 is 0 Å². The molecule has 76 valence electrons. The Morgan fingerprint density at radius 1 is 1.31 bits per heavy atom. The summed E-state index contributed by atoms with van der Waals surface area (Å²) in [6, 6.07) is 0. The van der Waals surface area contributed by atoms with E-state index in [0.717, 1.165) is 12.8 Å². The van der Waals surface area contributed by atoms with Gasteiger partial charge in [0.25, 0.3) is 0 Å². The van der Waals surface area contributed by atoms with Crippen molar-refractivity contribution >= 4 is 5.97 Å². The van der Waals surface area contributed by atoms with E-state index in [9.17, 15) is 4.79 Å². The van der Waals surface area contributed by atoms with Crippen LogP contribution in [0.25, 0.3) is 0 Å². The van der Waals surface area contributed by atoms with E-state index in [1.807, 2.05) is 0 Å². The van der Waals surface area contributed by atoms with E-state index in [-0.39, 0.29) is 5.57 Å². The van der Waals surface area contributed by atoms with Gasteiger partial charge in [-0.15, -0.1) is 0 Å². The predicted molar refractivity (Wildman–Crippen MR) is 53.3 cm³/mol. The molecule has 0 aliphatic rings. The normalized spacial score (nSPS) is 12.5. The lowest BCUT2D eigenvalue weighted by atomic mass is 10.1. The highest BCUT2D eigenvalue weighted by Gasteiger charge is 2.04. The summed E-state index contributed by atoms with van der Waals surface area (Å²) in [7, 11) is 0. The standard InChI is InChI=1S/C10H19NO2/c1-3-4-5-6-7-9(11)8(2)10(12)13/h3-7,11H2,1-2H3,(H,12,13). The van der Waals surface area contributed by atoms with E-state index in [1.54, 1.807) is 6.92 Å². The summed E-state index contributed by atoms with van der Waals surface area (Å²) in [5.41, 5.74) is 6.40. The molecule has 0 aromatic heterocycles. The summed E-state index contributed by atoms with van der Waals surface area (Å²) in [6.45, 7) is 3.69. The Morgan fingerprint density at radius 3 is 2.38 bits per heavy atom. The number of rotatable bonds is 6. The molecule has 0 bridgehead atoms. The van der Waals surface area contributed by atoms with Gasteiger partial charge in [0, 0.05) is 5.70 Å². The monoisotopic (exact) mass is 185 g/mol. The van der Waals surface area contributed by atoms with Crippen molar-refractivity contribution < 1.29 is 9.90 Å². The van der Waals surface area contributed by atoms with E-state index in [2.05, 4.69) is 6.92 Å². The van der Waals surface area contributed by atoms with Crippen molar-refractivity contribution in [3.8, 4) is 0 Å². The van der Waals surface area contributed by atoms with Crippen molar-refractivity contribution in [1.82, 2.24) is 0 Å². The minimum atomic E-state index is -0.909. The third-order valence-electron chi connectivity index (χ3n) is 2.10. The van der Waals surface area contributed by atoms with E-state index in [4.69, 9.17) is 10.8 Å². The van der Waals surface area contributed by atoms with Crippen LogP contribution in [0, 0.1) is 0 Å². The first kappa shape index (κ1) is 12.0. The lowest BCUT2D eigenvalue weighted by Gasteiger charge is -2.03. The van der Waals surface area contributed by atoms with Gasteiger partial charge in [0.2, 0.25) is 0 Å². The van der Waals surface area contributed by atoms with Crippen molar-refractivity contribution in [3.63, 3.8) is 0 Å². The number of carbonyl (C=O) groups is 1. The van der Waals surface area contributed by atoms with Gasteiger partial charge in [-0.3, -0.25) is 0 Å². The van der Waals surface area contributed by atoms with Crippen LogP contribution in [0.5, 0.6) is 0 Å². The molecule has 0 fully saturated rings. The van der Waals surface area contributed by atoms with Crippen LogP contribution in [0.4, 0.5) is 0 Å². The molecule has 0 rings (SSSR count). The van der Waals surface area contributed by atoms with Gasteiger partial charge >= 0.3 is 5.97 Å². The summed E-state index contributed by atoms with van der Waals surface area (Å²) in [5, 5.41) is 8.62. The number of nitrogens with two attached hydrogens (primary N) is 1. The van der Waals surface area contributed by atoms with Gasteiger partial charge in [0.15, 0.2) is 0 Å². The number of unbranched alkanes of at least 4 members (excludes halogenated alkanes) is 3. The number of hydrogen-bond acceptors (Lipinski definition) is 2. The maximum absolute atomic E-state index is 10.5. The molecular formula is C10H19NO2. The van der Waals surface area contributed by atoms with Crippen molar-refractivity contribution in [3.05, 3.63) is 11.3 Å². The summed E-state index contributed by atoms with van der Waals surface area (Å²) in [4.78, 5) is 10.5. The molecule has 0 atom stereocenters. The lowest BCUT2D eigenvalue weighted by molar-refractivity contribution is -0.132. The van der Waals surface area contributed by atoms with Gasteiger partial charge in [-0.1, -0.05) is 26.2 Å². The molecule has 0 aromatic rings. The first-order valence-corrected chi connectivity index (χ1v) is 4.78. The lowest BCUT2D eigenvalue weighted by Crippen LogP contribution is -2.08. The van der Waals surface area contributed by atoms with Crippen LogP contribution in [0.2, 0.25) is 0 Å². The Labute approximate surface area is 79.6 Å². The third-order valence-corrected chi connectivity index (χ3v) is 2.10. The Hall–Kier alpha value is -0.990. The highest BCUT2D eigenvalue weighted by Crippen LogP contribution is 2.09. The van der Waals surface area contributed by atoms with E-state index in [1.165, 1.54) is 12.8 Å². The Kier molecular flexibility index (Phi) is 6.02. The van der Waals surface area contributed by atoms with Crippen LogP contribution < -0.4 is 5.73 Å². The minimum absolute atomic E-state index is 0.288. The summed E-state index contributed by atoms with van der Waals surface area (Å²) >= 11 is 0. The Morgan fingerprint density at radius 2 is 1.92 bits per heavy atom. The molecular weight excluding hydrogens is 166 g/mol. The molecule has 0 aliphatic heterocycles. The molecule has 0 unspecified atom stereocenters. The van der Waals surface area contributed by atoms with Crippen LogP contribution in [0.15, 0.2) is 11.3 Å². The highest BCUT2D eigenvalue weighted by atomic mass is 16.4. The molecule has 0 saturated heterocycles. The highest BCUT2D eigenvalue weighted by molar-refractivity contribution is 5.86. The van der Waals surface area contributed by atoms with Crippen LogP contribution in [0.3, 0.4) is 0 Å². The molecule has 3 nitrogen and oxygen atoms in total. The van der Waals surface area contributed by atoms with E-state index < -0.39 is 5.97 Å². The minimum Gasteiger partial charge on any atom is -0.478 e. The van der Waals surface area contributed by atoms with Crippen LogP contribution >= 0.6 is 0 Å². The van der Waals surface area contributed by atoms with Gasteiger partial charge in [-0.25, -0.2) is 4.79 Å². The quantitative estimate of drug-likeness (QED) is 0.493. The van der Waals surface area contributed by atoms with Crippen LogP contribution in [-0.4, -0.2) is 11.1 Å². The second-order valence-electron chi connectivity index (χ2n) is 3.27. The topological polar surface area (TPSA) is 63.3 Å². The molecule has 3 N–H and O–H groups in total. The average Bonchev–Trinajstić information content (AvgIpc) is 2.10. The zero-order valence-corrected chi connectivity index (χ0v) is 8.47. The zero-order valence-electron chi connectivity index (χ0n) is 8.47. The Bertz CT molecular complexity index is 197. The van der Waals surface area contributed by atoms with Gasteiger partial charge in [0.1, 0.15) is 0 Å². The predicted octanol–water partition coefficient (Wildman–Crippen LogP) is 2.27. The SMILES string of the molecule is CCCCCCC(N)=C(C)C(=O)O. The fourth-order valence-electron chi connectivity index (χ4n) is 1.07. The average molecular weight is 185 g/mol. The molecule has 0 amide bonds. The van der Waals surface area contributed by atoms with Crippen molar-refractivity contribution in [1.29, 1.82) is 0 Å². The molecule has 0 radical (unpaired) electrons. The summed E-state index contributed by atoms with van der Waals surface area (Å²) < 4.78 is 0. The van der Waals surface area contributed by atoms with Crippen molar-refractivity contribution in [2.24, 2.45) is 5.73 Å². The maximum atomic E-state index is 10.5. The van der Waals surface area contributed by atoms with Gasteiger partial charge in [0.05, 0.1) is 5.57 Å². The first-order valence-electron chi connectivity index (χ1n) is 4.78. The second-order valence-corrected chi connectivity index (χ2v) is 3.27. The summed E-state index contributed by atoms with van der Waals surface area (Å²) in [5.74, 6) is -0.909. The van der Waals surface area contributed by atoms with Gasteiger partial charge in [-0.05, 0) is 19.8 Å². The molecule has 3 heteroatoms. The maximum Gasteiger partial charge on any atom is 0.333 e. The molecule has 0 spiro atoms. The molecule has 0 saturated carbocycles. The van der Waals surface area contributed by atoms with Crippen LogP contribution in [-0.2, 0) is 4.79 Å². The van der Waals surface area contributed by atoms with Gasteiger partial charge < -0.3 is 10.8 Å². The van der Waals surface area contributed by atoms with Crippen molar-refractivity contribution in [2.75, 3.05) is 0 Å². The molecule has 13 heavy (non-hydrogen) atoms. The number of aliphatic carboxylic acids is 1. The van der Waals surface area contributed by atoms with Gasteiger partial charge in [-0.2, -0.15) is 0 Å². The number of carboxylic acid groups (broad SMARTS) is 1. The molecule has 0 aliphatic carbocycles. The second kappa shape index (κ2) is 6.52. The molecule has 0 aromatic carbocycles. The number of hydrogen-bond donors (Lipinski definition) is 2.